The van der Waals surface area contributed by atoms with Crippen molar-refractivity contribution in [3.05, 3.63) is 59.7 Å². The van der Waals surface area contributed by atoms with E-state index in [1.807, 2.05) is 36.4 Å². The van der Waals surface area contributed by atoms with Gasteiger partial charge in [-0.15, -0.1) is 0 Å². The van der Waals surface area contributed by atoms with E-state index in [0.717, 1.165) is 41.8 Å². The Morgan fingerprint density at radius 1 is 1.00 bits per heavy atom. The van der Waals surface area contributed by atoms with Crippen LogP contribution in [0, 0.1) is 17.8 Å². The van der Waals surface area contributed by atoms with Gasteiger partial charge in [0.05, 0.1) is 0 Å². The van der Waals surface area contributed by atoms with E-state index in [4.69, 9.17) is 0 Å². The zero-order valence-electron chi connectivity index (χ0n) is 13.9. The molecule has 1 atom stereocenters. The molecule has 4 rings (SSSR count). The van der Waals surface area contributed by atoms with E-state index in [1.54, 1.807) is 0 Å². The first-order valence-electron chi connectivity index (χ1n) is 8.91. The summed E-state index contributed by atoms with van der Waals surface area (Å²) in [5, 5.41) is 14.9. The number of rotatable bonds is 1. The summed E-state index contributed by atoms with van der Waals surface area (Å²) < 4.78 is 0. The summed E-state index contributed by atoms with van der Waals surface area (Å²) in [4.78, 5) is 0. The summed E-state index contributed by atoms with van der Waals surface area (Å²) in [5.74, 6) is 7.12. The number of nitrogens with one attached hydrogen (secondary N) is 1. The number of benzene rings is 2. The minimum Gasteiger partial charge on any atom is -0.369 e. The van der Waals surface area contributed by atoms with Crippen molar-refractivity contribution in [3.8, 4) is 23.0 Å². The smallest absolute Gasteiger partial charge is 0.178 e. The summed E-state index contributed by atoms with van der Waals surface area (Å²) in [6, 6.07) is 16.1. The zero-order chi connectivity index (χ0) is 16.4. The van der Waals surface area contributed by atoms with Crippen molar-refractivity contribution < 1.29 is 5.11 Å². The number of aliphatic hydroxyl groups is 1. The molecule has 24 heavy (non-hydrogen) atoms. The third-order valence-corrected chi connectivity index (χ3v) is 5.23. The van der Waals surface area contributed by atoms with E-state index in [1.165, 1.54) is 19.3 Å². The Bertz CT molecular complexity index is 745. The first-order chi connectivity index (χ1) is 11.8. The van der Waals surface area contributed by atoms with Gasteiger partial charge < -0.3 is 10.4 Å². The summed E-state index contributed by atoms with van der Waals surface area (Å²) in [7, 11) is 0. The van der Waals surface area contributed by atoms with Crippen molar-refractivity contribution in [1.82, 2.24) is 5.32 Å². The quantitative estimate of drug-likeness (QED) is 0.786. The number of hydrogen-bond acceptors (Lipinski definition) is 2. The number of fused-ring (bicyclic) bond motifs is 3. The van der Waals surface area contributed by atoms with Crippen LogP contribution in [0.25, 0.3) is 11.1 Å². The number of hydrogen-bond donors (Lipinski definition) is 2. The molecule has 1 unspecified atom stereocenters. The normalized spacial score (nSPS) is 21.1. The molecular formula is C22H23NO. The van der Waals surface area contributed by atoms with Crippen LogP contribution in [-0.2, 0) is 5.60 Å². The molecule has 0 radical (unpaired) electrons. The molecule has 0 aromatic heterocycles. The summed E-state index contributed by atoms with van der Waals surface area (Å²) in [6.45, 7) is 2.16. The van der Waals surface area contributed by atoms with Gasteiger partial charge in [-0.25, -0.2) is 0 Å². The van der Waals surface area contributed by atoms with Crippen LogP contribution in [0.2, 0.25) is 0 Å². The van der Waals surface area contributed by atoms with E-state index in [2.05, 4.69) is 29.3 Å². The van der Waals surface area contributed by atoms with Crippen molar-refractivity contribution >= 4 is 0 Å². The van der Waals surface area contributed by atoms with E-state index >= 15 is 0 Å². The first-order valence-corrected chi connectivity index (χ1v) is 8.91. The molecular weight excluding hydrogens is 294 g/mol. The lowest BCUT2D eigenvalue weighted by Gasteiger charge is -2.19. The molecule has 0 spiro atoms. The Balaban J connectivity index is 1.66. The minimum absolute atomic E-state index is 0.593. The van der Waals surface area contributed by atoms with E-state index in [0.29, 0.717) is 5.92 Å². The zero-order valence-corrected chi connectivity index (χ0v) is 13.9. The molecule has 0 bridgehead atoms. The predicted octanol–water partition coefficient (Wildman–Crippen LogP) is 3.69. The topological polar surface area (TPSA) is 32.3 Å². The van der Waals surface area contributed by atoms with Crippen LogP contribution in [0.4, 0.5) is 0 Å². The molecule has 1 aliphatic carbocycles. The molecule has 1 aliphatic heterocycles. The third kappa shape index (κ3) is 2.65. The molecule has 2 aromatic carbocycles. The van der Waals surface area contributed by atoms with Gasteiger partial charge in [0.2, 0.25) is 0 Å². The van der Waals surface area contributed by atoms with Gasteiger partial charge in [-0.2, -0.15) is 0 Å². The molecule has 122 valence electrons. The van der Waals surface area contributed by atoms with Gasteiger partial charge in [0, 0.05) is 17.5 Å². The van der Waals surface area contributed by atoms with E-state index in [9.17, 15) is 5.11 Å². The van der Waals surface area contributed by atoms with Gasteiger partial charge in [0.25, 0.3) is 0 Å². The van der Waals surface area contributed by atoms with Crippen molar-refractivity contribution in [3.63, 3.8) is 0 Å². The maximum atomic E-state index is 11.4. The highest BCUT2D eigenvalue weighted by Crippen LogP contribution is 2.46. The van der Waals surface area contributed by atoms with Gasteiger partial charge in [-0.05, 0) is 43.0 Å². The highest BCUT2D eigenvalue weighted by molar-refractivity contribution is 5.81. The van der Waals surface area contributed by atoms with Crippen LogP contribution in [0.5, 0.6) is 0 Å². The summed E-state index contributed by atoms with van der Waals surface area (Å²) in [5.41, 5.74) is 2.85. The van der Waals surface area contributed by atoms with Crippen molar-refractivity contribution in [1.29, 1.82) is 0 Å². The van der Waals surface area contributed by atoms with Crippen LogP contribution in [0.3, 0.4) is 0 Å². The molecule has 2 heteroatoms. The third-order valence-electron chi connectivity index (χ3n) is 5.23. The second kappa shape index (κ2) is 6.43. The lowest BCUT2D eigenvalue weighted by molar-refractivity contribution is 0.150. The monoisotopic (exact) mass is 317 g/mol. The van der Waals surface area contributed by atoms with E-state index in [-0.39, 0.29) is 0 Å². The average Bonchev–Trinajstić information content (AvgIpc) is 2.78. The largest absolute Gasteiger partial charge is 0.369 e. The maximum Gasteiger partial charge on any atom is 0.178 e. The molecule has 2 aromatic rings. The SMILES string of the molecule is OC1(C#CCC2CCCCNC2)c2ccccc2-c2ccccc21. The van der Waals surface area contributed by atoms with Crippen molar-refractivity contribution in [2.24, 2.45) is 5.92 Å². The maximum absolute atomic E-state index is 11.4. The van der Waals surface area contributed by atoms with Crippen LogP contribution in [0.1, 0.15) is 36.8 Å². The molecule has 1 saturated heterocycles. The van der Waals surface area contributed by atoms with Crippen LogP contribution in [0.15, 0.2) is 48.5 Å². The second-order valence-corrected chi connectivity index (χ2v) is 6.87. The highest BCUT2D eigenvalue weighted by atomic mass is 16.3. The Morgan fingerprint density at radius 3 is 2.38 bits per heavy atom. The Hall–Kier alpha value is -2.08. The lowest BCUT2D eigenvalue weighted by Crippen LogP contribution is -2.23. The van der Waals surface area contributed by atoms with Crippen LogP contribution in [-0.4, -0.2) is 18.2 Å². The second-order valence-electron chi connectivity index (χ2n) is 6.87. The molecule has 0 amide bonds. The highest BCUT2D eigenvalue weighted by Gasteiger charge is 2.39. The molecule has 1 heterocycles. The van der Waals surface area contributed by atoms with Gasteiger partial charge in [0.15, 0.2) is 5.60 Å². The Kier molecular flexibility index (Phi) is 4.14. The predicted molar refractivity (Wildman–Crippen MR) is 97.5 cm³/mol. The lowest BCUT2D eigenvalue weighted by atomic mass is 9.91. The molecule has 2 nitrogen and oxygen atoms in total. The van der Waals surface area contributed by atoms with Gasteiger partial charge in [-0.3, -0.25) is 0 Å². The standard InChI is InChI=1S/C22H23NO/c24-22(14-7-9-17-8-5-6-15-23-16-17)20-12-3-1-10-18(20)19-11-2-4-13-21(19)22/h1-4,10-13,17,23-24H,5-6,8-9,15-16H2. The van der Waals surface area contributed by atoms with Crippen LogP contribution >= 0.6 is 0 Å². The fraction of sp³-hybridized carbons (Fsp3) is 0.364. The van der Waals surface area contributed by atoms with Crippen molar-refractivity contribution in [2.75, 3.05) is 13.1 Å². The Morgan fingerprint density at radius 2 is 1.67 bits per heavy atom. The fourth-order valence-electron chi connectivity index (χ4n) is 3.94. The fourth-order valence-corrected chi connectivity index (χ4v) is 3.94. The van der Waals surface area contributed by atoms with Gasteiger partial charge in [-0.1, -0.05) is 66.8 Å². The molecule has 1 fully saturated rings. The Labute approximate surface area is 143 Å². The summed E-state index contributed by atoms with van der Waals surface area (Å²) in [6.07, 6.45) is 4.61. The van der Waals surface area contributed by atoms with Crippen molar-refractivity contribution in [2.45, 2.75) is 31.3 Å². The summed E-state index contributed by atoms with van der Waals surface area (Å²) >= 11 is 0. The average molecular weight is 317 g/mol. The van der Waals surface area contributed by atoms with Gasteiger partial charge >= 0.3 is 0 Å². The van der Waals surface area contributed by atoms with Crippen LogP contribution < -0.4 is 5.32 Å². The molecule has 2 aliphatic rings. The first kappa shape index (κ1) is 15.4. The molecule has 2 N–H and O–H groups in total. The minimum atomic E-state index is -1.18. The molecule has 0 saturated carbocycles. The van der Waals surface area contributed by atoms with E-state index < -0.39 is 5.60 Å². The van der Waals surface area contributed by atoms with Gasteiger partial charge in [0.1, 0.15) is 0 Å².